The number of rotatable bonds is 6. The Balaban J connectivity index is 1.55. The lowest BCUT2D eigenvalue weighted by Gasteiger charge is -2.13. The van der Waals surface area contributed by atoms with Crippen molar-refractivity contribution in [2.45, 2.75) is 33.7 Å². The second-order valence-electron chi connectivity index (χ2n) is 7.38. The van der Waals surface area contributed by atoms with Crippen LogP contribution in [-0.4, -0.2) is 39.2 Å². The third-order valence-corrected chi connectivity index (χ3v) is 5.48. The Labute approximate surface area is 173 Å². The van der Waals surface area contributed by atoms with Gasteiger partial charge < -0.3 is 19.7 Å². The third kappa shape index (κ3) is 3.41. The van der Waals surface area contributed by atoms with E-state index in [0.29, 0.717) is 41.3 Å². The van der Waals surface area contributed by atoms with E-state index >= 15 is 0 Å². The molecule has 1 aliphatic rings. The molecule has 2 amide bonds. The number of nitrogens with zero attached hydrogens (tertiary/aromatic N) is 2. The highest BCUT2D eigenvalue weighted by Gasteiger charge is 2.32. The van der Waals surface area contributed by atoms with Gasteiger partial charge in [0.05, 0.1) is 17.8 Å². The van der Waals surface area contributed by atoms with E-state index in [2.05, 4.69) is 15.5 Å². The van der Waals surface area contributed by atoms with Crippen LogP contribution in [0.25, 0.3) is 0 Å². The first kappa shape index (κ1) is 19.6. The molecular formula is C22H22N4O4. The zero-order valence-corrected chi connectivity index (χ0v) is 17.0. The van der Waals surface area contributed by atoms with Crippen molar-refractivity contribution in [3.8, 4) is 0 Å². The molecule has 0 aliphatic carbocycles. The number of aromatic nitrogens is 2. The summed E-state index contributed by atoms with van der Waals surface area (Å²) in [4.78, 5) is 42.8. The average Bonchev–Trinajstić information content (AvgIpc) is 3.42. The van der Waals surface area contributed by atoms with Crippen molar-refractivity contribution in [1.29, 1.82) is 0 Å². The fraction of sp³-hybridized carbons (Fsp3) is 0.273. The van der Waals surface area contributed by atoms with Crippen molar-refractivity contribution in [3.63, 3.8) is 0 Å². The lowest BCUT2D eigenvalue weighted by Crippen LogP contribution is -2.24. The highest BCUT2D eigenvalue weighted by atomic mass is 16.5. The quantitative estimate of drug-likeness (QED) is 0.611. The number of H-pyrrole nitrogens is 1. The van der Waals surface area contributed by atoms with Gasteiger partial charge in [0.15, 0.2) is 11.6 Å². The van der Waals surface area contributed by atoms with Gasteiger partial charge in [-0.1, -0.05) is 11.2 Å². The molecule has 0 saturated carbocycles. The van der Waals surface area contributed by atoms with Gasteiger partial charge in [-0.2, -0.15) is 0 Å². The van der Waals surface area contributed by atoms with Crippen molar-refractivity contribution >= 4 is 23.4 Å². The second-order valence-corrected chi connectivity index (χ2v) is 7.38. The Hall–Kier alpha value is -3.68. The number of carbonyl (C=O) groups excluding carboxylic acids is 3. The van der Waals surface area contributed by atoms with Gasteiger partial charge in [0, 0.05) is 30.3 Å². The lowest BCUT2D eigenvalue weighted by atomic mass is 9.97. The zero-order chi connectivity index (χ0) is 21.4. The molecule has 2 N–H and O–H groups in total. The molecule has 8 nitrogen and oxygen atoms in total. The first-order valence-corrected chi connectivity index (χ1v) is 9.74. The number of amides is 2. The van der Waals surface area contributed by atoms with Gasteiger partial charge in [0.1, 0.15) is 6.26 Å². The molecule has 3 aromatic rings. The van der Waals surface area contributed by atoms with Crippen LogP contribution in [0, 0.1) is 13.8 Å². The van der Waals surface area contributed by atoms with Crippen LogP contribution in [0.2, 0.25) is 0 Å². The highest BCUT2D eigenvalue weighted by molar-refractivity contribution is 6.06. The van der Waals surface area contributed by atoms with E-state index in [9.17, 15) is 14.4 Å². The Kier molecular flexibility index (Phi) is 4.99. The third-order valence-electron chi connectivity index (χ3n) is 5.48. The molecule has 1 aliphatic heterocycles. The normalized spacial score (nSPS) is 12.9. The number of fused-ring (bicyclic) bond motifs is 1. The summed E-state index contributed by atoms with van der Waals surface area (Å²) in [5.74, 6) is -0.170. The Bertz CT molecular complexity index is 1140. The van der Waals surface area contributed by atoms with E-state index in [0.717, 1.165) is 16.8 Å². The van der Waals surface area contributed by atoms with Gasteiger partial charge in [-0.25, -0.2) is 0 Å². The number of carbonyl (C=O) groups is 3. The van der Waals surface area contributed by atoms with E-state index in [-0.39, 0.29) is 24.0 Å². The summed E-state index contributed by atoms with van der Waals surface area (Å²) in [6.45, 7) is 6.75. The number of nitrogens with one attached hydrogen (secondary N) is 2. The standard InChI is InChI=1S/C22H22N4O4/c1-4-26-11-16-19(22(26)29)13(3)20(23-16)17(27)10-15-9-14(6-5-12(15)2)21(28)24-18-7-8-30-25-18/h5-9,23H,4,10-11H2,1-3H3,(H,24,25,28). The van der Waals surface area contributed by atoms with E-state index in [4.69, 9.17) is 4.52 Å². The van der Waals surface area contributed by atoms with Crippen LogP contribution in [0.1, 0.15) is 60.5 Å². The molecule has 0 atom stereocenters. The minimum absolute atomic E-state index is 0.0389. The summed E-state index contributed by atoms with van der Waals surface area (Å²) in [5.41, 5.74) is 4.63. The molecule has 30 heavy (non-hydrogen) atoms. The van der Waals surface area contributed by atoms with Gasteiger partial charge >= 0.3 is 0 Å². The summed E-state index contributed by atoms with van der Waals surface area (Å²) < 4.78 is 4.71. The molecule has 0 bridgehead atoms. The molecule has 2 aromatic heterocycles. The smallest absolute Gasteiger partial charge is 0.256 e. The van der Waals surface area contributed by atoms with Crippen molar-refractivity contribution in [3.05, 3.63) is 69.7 Å². The number of benzene rings is 1. The van der Waals surface area contributed by atoms with E-state index < -0.39 is 0 Å². The SMILES string of the molecule is CCN1Cc2[nH]c(C(=O)Cc3cc(C(=O)Nc4ccon4)ccc3C)c(C)c2C1=O. The van der Waals surface area contributed by atoms with Crippen LogP contribution in [0.15, 0.2) is 35.1 Å². The van der Waals surface area contributed by atoms with Crippen molar-refractivity contribution in [2.75, 3.05) is 11.9 Å². The fourth-order valence-corrected chi connectivity index (χ4v) is 3.75. The number of hydrogen-bond acceptors (Lipinski definition) is 5. The van der Waals surface area contributed by atoms with Crippen LogP contribution in [0.3, 0.4) is 0 Å². The summed E-state index contributed by atoms with van der Waals surface area (Å²) >= 11 is 0. The molecular weight excluding hydrogens is 384 g/mol. The molecule has 8 heteroatoms. The minimum Gasteiger partial charge on any atom is -0.363 e. The molecule has 1 aromatic carbocycles. The maximum absolute atomic E-state index is 13.0. The summed E-state index contributed by atoms with van der Waals surface area (Å²) in [7, 11) is 0. The molecule has 0 unspecified atom stereocenters. The molecule has 0 spiro atoms. The van der Waals surface area contributed by atoms with Crippen LogP contribution >= 0.6 is 0 Å². The van der Waals surface area contributed by atoms with Gasteiger partial charge in [-0.15, -0.1) is 0 Å². The maximum Gasteiger partial charge on any atom is 0.256 e. The number of anilines is 1. The van der Waals surface area contributed by atoms with Crippen LogP contribution in [0.5, 0.6) is 0 Å². The Morgan fingerprint density at radius 3 is 2.73 bits per heavy atom. The Morgan fingerprint density at radius 2 is 2.07 bits per heavy atom. The molecule has 3 heterocycles. The zero-order valence-electron chi connectivity index (χ0n) is 17.0. The van der Waals surface area contributed by atoms with Crippen LogP contribution in [-0.2, 0) is 13.0 Å². The van der Waals surface area contributed by atoms with E-state index in [1.165, 1.54) is 6.26 Å². The molecule has 154 valence electrons. The number of aromatic amines is 1. The molecule has 0 fully saturated rings. The fourth-order valence-electron chi connectivity index (χ4n) is 3.75. The highest BCUT2D eigenvalue weighted by Crippen LogP contribution is 2.28. The predicted molar refractivity (Wildman–Crippen MR) is 110 cm³/mol. The monoisotopic (exact) mass is 406 g/mol. The lowest BCUT2D eigenvalue weighted by molar-refractivity contribution is 0.0785. The Morgan fingerprint density at radius 1 is 1.27 bits per heavy atom. The van der Waals surface area contributed by atoms with Crippen LogP contribution < -0.4 is 5.32 Å². The van der Waals surface area contributed by atoms with Crippen molar-refractivity contribution in [2.24, 2.45) is 0 Å². The summed E-state index contributed by atoms with van der Waals surface area (Å²) in [5, 5.41) is 6.31. The van der Waals surface area contributed by atoms with E-state index in [1.807, 2.05) is 19.9 Å². The van der Waals surface area contributed by atoms with Crippen LogP contribution in [0.4, 0.5) is 5.82 Å². The number of Topliss-reactive ketones (excluding diaryl/α,β-unsaturated/α-hetero) is 1. The number of ketones is 1. The first-order chi connectivity index (χ1) is 14.4. The number of aryl methyl sites for hydroxylation is 1. The topological polar surface area (TPSA) is 108 Å². The molecule has 0 saturated heterocycles. The average molecular weight is 406 g/mol. The van der Waals surface area contributed by atoms with Gasteiger partial charge in [0.25, 0.3) is 11.8 Å². The predicted octanol–water partition coefficient (Wildman–Crippen LogP) is 3.27. The van der Waals surface area contributed by atoms with E-state index in [1.54, 1.807) is 30.0 Å². The maximum atomic E-state index is 13.0. The number of hydrogen-bond donors (Lipinski definition) is 2. The van der Waals surface area contributed by atoms with Crippen molar-refractivity contribution in [1.82, 2.24) is 15.0 Å². The van der Waals surface area contributed by atoms with Gasteiger partial charge in [-0.3, -0.25) is 14.4 Å². The van der Waals surface area contributed by atoms with Crippen molar-refractivity contribution < 1.29 is 18.9 Å². The summed E-state index contributed by atoms with van der Waals surface area (Å²) in [6, 6.07) is 6.76. The molecule has 0 radical (unpaired) electrons. The second kappa shape index (κ2) is 7.62. The summed E-state index contributed by atoms with van der Waals surface area (Å²) in [6.07, 6.45) is 1.50. The largest absolute Gasteiger partial charge is 0.363 e. The van der Waals surface area contributed by atoms with Gasteiger partial charge in [-0.05, 0) is 49.6 Å². The minimum atomic E-state index is -0.335. The first-order valence-electron chi connectivity index (χ1n) is 9.74. The molecule has 4 rings (SSSR count). The van der Waals surface area contributed by atoms with Gasteiger partial charge in [0.2, 0.25) is 0 Å².